The fourth-order valence-corrected chi connectivity index (χ4v) is 4.50. The number of benzene rings is 3. The van der Waals surface area contributed by atoms with E-state index < -0.39 is 6.04 Å². The summed E-state index contributed by atoms with van der Waals surface area (Å²) in [4.78, 5) is 29.7. The van der Waals surface area contributed by atoms with E-state index in [4.69, 9.17) is 35.4 Å². The lowest BCUT2D eigenvalue weighted by Crippen LogP contribution is -2.39. The molecule has 1 aliphatic heterocycles. The first-order valence-corrected chi connectivity index (χ1v) is 12.0. The molecule has 1 aliphatic rings. The molecule has 1 N–H and O–H groups in total. The van der Waals surface area contributed by atoms with Gasteiger partial charge in [0.1, 0.15) is 6.04 Å². The van der Waals surface area contributed by atoms with Gasteiger partial charge in [0, 0.05) is 22.3 Å². The van der Waals surface area contributed by atoms with E-state index in [2.05, 4.69) is 5.32 Å². The molecular formula is C26H23Cl2N3O2S. The SMILES string of the molecule is O=C(C[C@H]1C(=O)N(Cc2ccccc2)C(=S)N1CCc1ccc(Cl)cc1)Nc1ccc(Cl)cc1. The Kier molecular flexibility index (Phi) is 7.83. The smallest absolute Gasteiger partial charge is 0.252 e. The standard InChI is InChI=1S/C26H23Cl2N3O2S/c27-20-8-6-18(7-9-20)14-15-30-23(16-24(32)29-22-12-10-21(28)11-13-22)25(33)31(26(30)34)17-19-4-2-1-3-5-19/h1-13,23H,14-17H2,(H,29,32)/t23-/m0/s1. The van der Waals surface area contributed by atoms with Crippen molar-refractivity contribution in [1.82, 2.24) is 9.80 Å². The summed E-state index contributed by atoms with van der Waals surface area (Å²) < 4.78 is 0. The summed E-state index contributed by atoms with van der Waals surface area (Å²) in [6, 6.07) is 23.4. The van der Waals surface area contributed by atoms with Gasteiger partial charge in [0.05, 0.1) is 13.0 Å². The molecular weight excluding hydrogens is 489 g/mol. The maximum Gasteiger partial charge on any atom is 0.252 e. The molecule has 0 spiro atoms. The van der Waals surface area contributed by atoms with Crippen LogP contribution in [-0.4, -0.2) is 39.3 Å². The topological polar surface area (TPSA) is 52.7 Å². The number of nitrogens with zero attached hydrogens (tertiary/aromatic N) is 2. The summed E-state index contributed by atoms with van der Waals surface area (Å²) in [6.45, 7) is 0.877. The van der Waals surface area contributed by atoms with Crippen LogP contribution >= 0.6 is 35.4 Å². The van der Waals surface area contributed by atoms with Gasteiger partial charge in [0.25, 0.3) is 5.91 Å². The van der Waals surface area contributed by atoms with Crippen molar-refractivity contribution in [2.75, 3.05) is 11.9 Å². The minimum absolute atomic E-state index is 0.00644. The van der Waals surface area contributed by atoms with E-state index in [0.29, 0.717) is 40.4 Å². The summed E-state index contributed by atoms with van der Waals surface area (Å²) in [5.74, 6) is -0.433. The summed E-state index contributed by atoms with van der Waals surface area (Å²) >= 11 is 17.6. The van der Waals surface area contributed by atoms with Crippen LogP contribution in [0.2, 0.25) is 10.0 Å². The second-order valence-electron chi connectivity index (χ2n) is 8.04. The molecule has 3 aromatic carbocycles. The van der Waals surface area contributed by atoms with E-state index in [0.717, 1.165) is 11.1 Å². The molecule has 1 fully saturated rings. The van der Waals surface area contributed by atoms with Crippen molar-refractivity contribution in [3.05, 3.63) is 100 Å². The predicted molar refractivity (Wildman–Crippen MR) is 140 cm³/mol. The Hall–Kier alpha value is -2.93. The number of nitrogens with one attached hydrogen (secondary N) is 1. The molecule has 2 amide bonds. The highest BCUT2D eigenvalue weighted by molar-refractivity contribution is 7.80. The van der Waals surface area contributed by atoms with Crippen molar-refractivity contribution >= 4 is 58.0 Å². The molecule has 0 bridgehead atoms. The molecule has 0 unspecified atom stereocenters. The highest BCUT2D eigenvalue weighted by Crippen LogP contribution is 2.24. The first kappa shape index (κ1) is 24.2. The molecule has 174 valence electrons. The van der Waals surface area contributed by atoms with Crippen LogP contribution in [0, 0.1) is 0 Å². The normalized spacial score (nSPS) is 15.6. The summed E-state index contributed by atoms with van der Waals surface area (Å²) in [5.41, 5.74) is 2.67. The molecule has 1 saturated heterocycles. The molecule has 8 heteroatoms. The molecule has 0 aromatic heterocycles. The molecule has 1 atom stereocenters. The van der Waals surface area contributed by atoms with Crippen molar-refractivity contribution in [1.29, 1.82) is 0 Å². The second-order valence-corrected chi connectivity index (χ2v) is 9.28. The van der Waals surface area contributed by atoms with Gasteiger partial charge in [-0.1, -0.05) is 65.7 Å². The Morgan fingerprint density at radius 1 is 0.882 bits per heavy atom. The van der Waals surface area contributed by atoms with Gasteiger partial charge in [-0.3, -0.25) is 14.5 Å². The van der Waals surface area contributed by atoms with Crippen molar-refractivity contribution in [3.63, 3.8) is 0 Å². The van der Waals surface area contributed by atoms with Crippen LogP contribution in [0.3, 0.4) is 0 Å². The highest BCUT2D eigenvalue weighted by Gasteiger charge is 2.43. The van der Waals surface area contributed by atoms with E-state index in [-0.39, 0.29) is 18.2 Å². The number of rotatable bonds is 8. The Balaban J connectivity index is 1.50. The summed E-state index contributed by atoms with van der Waals surface area (Å²) in [7, 11) is 0. The third kappa shape index (κ3) is 5.95. The maximum atomic E-state index is 13.4. The predicted octanol–water partition coefficient (Wildman–Crippen LogP) is 5.56. The van der Waals surface area contributed by atoms with Gasteiger partial charge in [0.2, 0.25) is 5.91 Å². The van der Waals surface area contributed by atoms with Crippen LogP contribution in [-0.2, 0) is 22.6 Å². The lowest BCUT2D eigenvalue weighted by atomic mass is 10.1. The number of hydrogen-bond donors (Lipinski definition) is 1. The minimum atomic E-state index is -0.671. The van der Waals surface area contributed by atoms with Crippen molar-refractivity contribution < 1.29 is 9.59 Å². The number of anilines is 1. The highest BCUT2D eigenvalue weighted by atomic mass is 35.5. The number of halogens is 2. The molecule has 0 saturated carbocycles. The first-order chi connectivity index (χ1) is 16.4. The Morgan fingerprint density at radius 3 is 2.15 bits per heavy atom. The van der Waals surface area contributed by atoms with Crippen molar-refractivity contribution in [3.8, 4) is 0 Å². The van der Waals surface area contributed by atoms with Crippen LogP contribution in [0.4, 0.5) is 5.69 Å². The van der Waals surface area contributed by atoms with Crippen molar-refractivity contribution in [2.24, 2.45) is 0 Å². The number of hydrogen-bond acceptors (Lipinski definition) is 3. The fourth-order valence-electron chi connectivity index (χ4n) is 3.88. The molecule has 3 aromatic rings. The third-order valence-electron chi connectivity index (χ3n) is 5.65. The number of amides is 2. The third-order valence-corrected chi connectivity index (χ3v) is 6.61. The van der Waals surface area contributed by atoms with Crippen LogP contribution in [0.15, 0.2) is 78.9 Å². The van der Waals surface area contributed by atoms with Crippen LogP contribution < -0.4 is 5.32 Å². The Morgan fingerprint density at radius 2 is 1.50 bits per heavy atom. The van der Waals surface area contributed by atoms with Crippen molar-refractivity contribution in [2.45, 2.75) is 25.4 Å². The lowest BCUT2D eigenvalue weighted by molar-refractivity contribution is -0.131. The Labute approximate surface area is 214 Å². The molecule has 4 rings (SSSR count). The number of thiocarbonyl (C=S) groups is 1. The van der Waals surface area contributed by atoms with E-state index in [1.165, 1.54) is 0 Å². The molecule has 34 heavy (non-hydrogen) atoms. The average Bonchev–Trinajstić information content (AvgIpc) is 3.04. The minimum Gasteiger partial charge on any atom is -0.336 e. The molecule has 5 nitrogen and oxygen atoms in total. The molecule has 0 aliphatic carbocycles. The van der Waals surface area contributed by atoms with E-state index in [1.54, 1.807) is 29.2 Å². The monoisotopic (exact) mass is 511 g/mol. The Bertz CT molecular complexity index is 1170. The summed E-state index contributed by atoms with van der Waals surface area (Å²) in [5, 5.41) is 4.53. The van der Waals surface area contributed by atoms with Crippen LogP contribution in [0.25, 0.3) is 0 Å². The average molecular weight is 512 g/mol. The van der Waals surface area contributed by atoms with Gasteiger partial charge < -0.3 is 10.2 Å². The zero-order valence-corrected chi connectivity index (χ0v) is 20.6. The lowest BCUT2D eigenvalue weighted by Gasteiger charge is -2.24. The molecule has 0 radical (unpaired) electrons. The van der Waals surface area contributed by atoms with E-state index in [1.807, 2.05) is 59.5 Å². The first-order valence-electron chi connectivity index (χ1n) is 10.9. The van der Waals surface area contributed by atoms with Crippen LogP contribution in [0.1, 0.15) is 17.5 Å². The van der Waals surface area contributed by atoms with Gasteiger partial charge in [-0.2, -0.15) is 0 Å². The molecule has 1 heterocycles. The zero-order valence-electron chi connectivity index (χ0n) is 18.3. The number of carbonyl (C=O) groups excluding carboxylic acids is 2. The maximum absolute atomic E-state index is 13.4. The largest absolute Gasteiger partial charge is 0.336 e. The van der Waals surface area contributed by atoms with Gasteiger partial charge in [-0.05, 0) is 66.2 Å². The van der Waals surface area contributed by atoms with Gasteiger partial charge in [-0.15, -0.1) is 0 Å². The van der Waals surface area contributed by atoms with Gasteiger partial charge >= 0.3 is 0 Å². The number of carbonyl (C=O) groups is 2. The quantitative estimate of drug-likeness (QED) is 0.402. The van der Waals surface area contributed by atoms with Gasteiger partial charge in [-0.25, -0.2) is 0 Å². The second kappa shape index (κ2) is 11.0. The fraction of sp³-hybridized carbons (Fsp3) is 0.192. The zero-order chi connectivity index (χ0) is 24.1. The van der Waals surface area contributed by atoms with Crippen LogP contribution in [0.5, 0.6) is 0 Å². The van der Waals surface area contributed by atoms with Gasteiger partial charge in [0.15, 0.2) is 5.11 Å². The summed E-state index contributed by atoms with van der Waals surface area (Å²) in [6.07, 6.45) is 0.659. The van der Waals surface area contributed by atoms with E-state index in [9.17, 15) is 9.59 Å². The van der Waals surface area contributed by atoms with E-state index >= 15 is 0 Å².